The van der Waals surface area contributed by atoms with Gasteiger partial charge in [0.2, 0.25) is 0 Å². The lowest BCUT2D eigenvalue weighted by atomic mass is 10.2. The molecule has 0 aromatic carbocycles. The predicted molar refractivity (Wildman–Crippen MR) is 111 cm³/mol. The molecule has 144 valence electrons. The van der Waals surface area contributed by atoms with Crippen molar-refractivity contribution in [1.29, 1.82) is 0 Å². The van der Waals surface area contributed by atoms with Gasteiger partial charge in [-0.3, -0.25) is 9.89 Å². The third-order valence-corrected chi connectivity index (χ3v) is 5.27. The molecule has 0 spiro atoms. The molecule has 0 saturated heterocycles. The molecule has 0 bridgehead atoms. The molecule has 1 aromatic rings. The summed E-state index contributed by atoms with van der Waals surface area (Å²) in [5.74, 6) is 0.902. The van der Waals surface area contributed by atoms with Crippen LogP contribution in [0.1, 0.15) is 57.1 Å². The molecule has 0 radical (unpaired) electrons. The third-order valence-electron chi connectivity index (χ3n) is 4.20. The fourth-order valence-corrected chi connectivity index (χ4v) is 3.96. The fourth-order valence-electron chi connectivity index (χ4n) is 2.94. The number of aromatic nitrogens is 1. The van der Waals surface area contributed by atoms with Crippen molar-refractivity contribution in [3.05, 3.63) is 15.6 Å². The van der Waals surface area contributed by atoms with E-state index in [1.54, 1.807) is 0 Å². The lowest BCUT2D eigenvalue weighted by Crippen LogP contribution is -2.41. The Hall–Kier alpha value is -1.14. The topological polar surface area (TPSA) is 52.6 Å². The van der Waals surface area contributed by atoms with Crippen LogP contribution in [-0.2, 0) is 12.8 Å². The van der Waals surface area contributed by atoms with Crippen LogP contribution in [0, 0.1) is 6.92 Å². The van der Waals surface area contributed by atoms with Crippen LogP contribution in [0.2, 0.25) is 0 Å². The van der Waals surface area contributed by atoms with Crippen molar-refractivity contribution in [1.82, 2.24) is 20.5 Å². The van der Waals surface area contributed by atoms with E-state index in [1.807, 2.05) is 11.3 Å². The highest BCUT2D eigenvalue weighted by Crippen LogP contribution is 2.17. The van der Waals surface area contributed by atoms with Crippen LogP contribution in [0.5, 0.6) is 0 Å². The molecule has 0 aliphatic rings. The van der Waals surface area contributed by atoms with Gasteiger partial charge in [0.05, 0.1) is 17.2 Å². The number of guanidine groups is 1. The van der Waals surface area contributed by atoms with Gasteiger partial charge < -0.3 is 10.6 Å². The Morgan fingerprint density at radius 2 is 1.84 bits per heavy atom. The Labute approximate surface area is 158 Å². The van der Waals surface area contributed by atoms with Gasteiger partial charge in [0, 0.05) is 43.0 Å². The minimum atomic E-state index is 0.548. The van der Waals surface area contributed by atoms with E-state index in [2.05, 4.69) is 64.0 Å². The number of aryl methyl sites for hydroxylation is 2. The number of nitrogens with one attached hydrogen (secondary N) is 2. The van der Waals surface area contributed by atoms with Crippen LogP contribution in [0.25, 0.3) is 0 Å². The summed E-state index contributed by atoms with van der Waals surface area (Å²) in [5.41, 5.74) is 1.24. The minimum absolute atomic E-state index is 0.548. The molecular weight excluding hydrogens is 330 g/mol. The van der Waals surface area contributed by atoms with Crippen molar-refractivity contribution in [3.63, 3.8) is 0 Å². The van der Waals surface area contributed by atoms with Gasteiger partial charge in [-0.25, -0.2) is 4.98 Å². The summed E-state index contributed by atoms with van der Waals surface area (Å²) in [6.07, 6.45) is 1.96. The van der Waals surface area contributed by atoms with Crippen molar-refractivity contribution in [3.8, 4) is 0 Å². The molecule has 0 aliphatic heterocycles. The quantitative estimate of drug-likeness (QED) is 0.492. The highest BCUT2D eigenvalue weighted by Gasteiger charge is 2.12. The van der Waals surface area contributed by atoms with Gasteiger partial charge in [0.1, 0.15) is 0 Å². The highest BCUT2D eigenvalue weighted by atomic mass is 32.1. The van der Waals surface area contributed by atoms with Gasteiger partial charge in [0.25, 0.3) is 0 Å². The van der Waals surface area contributed by atoms with E-state index >= 15 is 0 Å². The Morgan fingerprint density at radius 1 is 1.16 bits per heavy atom. The van der Waals surface area contributed by atoms with Gasteiger partial charge in [-0.1, -0.05) is 6.92 Å². The molecule has 1 rings (SSSR count). The molecule has 6 heteroatoms. The van der Waals surface area contributed by atoms with Gasteiger partial charge in [0.15, 0.2) is 5.96 Å². The average Bonchev–Trinajstić information content (AvgIpc) is 2.90. The van der Waals surface area contributed by atoms with Gasteiger partial charge >= 0.3 is 0 Å². The van der Waals surface area contributed by atoms with Crippen LogP contribution in [0.3, 0.4) is 0 Å². The maximum atomic E-state index is 4.72. The third kappa shape index (κ3) is 7.74. The number of aliphatic imine (C=N–C) groups is 1. The van der Waals surface area contributed by atoms with Crippen LogP contribution >= 0.6 is 11.3 Å². The molecular formula is C19H37N5S. The summed E-state index contributed by atoms with van der Waals surface area (Å²) in [7, 11) is 0. The van der Waals surface area contributed by atoms with Crippen LogP contribution in [0.4, 0.5) is 0 Å². The first kappa shape index (κ1) is 21.9. The summed E-state index contributed by atoms with van der Waals surface area (Å²) in [4.78, 5) is 13.2. The van der Waals surface area contributed by atoms with Crippen molar-refractivity contribution < 1.29 is 0 Å². The van der Waals surface area contributed by atoms with Crippen LogP contribution in [-0.4, -0.2) is 54.1 Å². The summed E-state index contributed by atoms with van der Waals surface area (Å²) in [5, 5.41) is 7.98. The summed E-state index contributed by atoms with van der Waals surface area (Å²) in [6, 6.07) is 1.10. The smallest absolute Gasteiger partial charge is 0.191 e. The predicted octanol–water partition coefficient (Wildman–Crippen LogP) is 3.23. The standard InChI is InChI=1S/C19H37N5S/c1-8-17-16(7)25-18(23-17)10-11-21-19(20-9-2)22-12-13-24(14(3)4)15(5)6/h14-15H,8-13H2,1-7H3,(H2,20,21,22). The van der Waals surface area contributed by atoms with Crippen molar-refractivity contribution >= 4 is 17.3 Å². The molecule has 25 heavy (non-hydrogen) atoms. The first-order valence-electron chi connectivity index (χ1n) is 9.62. The van der Waals surface area contributed by atoms with Crippen LogP contribution < -0.4 is 10.6 Å². The summed E-state index contributed by atoms with van der Waals surface area (Å²) < 4.78 is 0. The normalized spacial score (nSPS) is 12.5. The second-order valence-electron chi connectivity index (χ2n) is 6.83. The molecule has 0 unspecified atom stereocenters. The molecule has 5 nitrogen and oxygen atoms in total. The molecule has 0 aliphatic carbocycles. The van der Waals surface area contributed by atoms with Gasteiger partial charge in [-0.2, -0.15) is 0 Å². The summed E-state index contributed by atoms with van der Waals surface area (Å²) >= 11 is 1.81. The Kier molecular flexibility index (Phi) is 10.0. The number of hydrogen-bond acceptors (Lipinski definition) is 4. The lowest BCUT2D eigenvalue weighted by Gasteiger charge is -2.29. The summed E-state index contributed by atoms with van der Waals surface area (Å²) in [6.45, 7) is 18.9. The minimum Gasteiger partial charge on any atom is -0.357 e. The maximum Gasteiger partial charge on any atom is 0.191 e. The fraction of sp³-hybridized carbons (Fsp3) is 0.789. The van der Waals surface area contributed by atoms with Gasteiger partial charge in [-0.05, 0) is 48.0 Å². The second-order valence-corrected chi connectivity index (χ2v) is 8.11. The molecule has 0 saturated carbocycles. The zero-order valence-electron chi connectivity index (χ0n) is 17.1. The molecule has 0 atom stereocenters. The van der Waals surface area contributed by atoms with Crippen molar-refractivity contribution in [2.24, 2.45) is 4.99 Å². The van der Waals surface area contributed by atoms with E-state index in [1.165, 1.54) is 15.6 Å². The van der Waals surface area contributed by atoms with Crippen molar-refractivity contribution in [2.45, 2.75) is 73.4 Å². The first-order valence-corrected chi connectivity index (χ1v) is 10.4. The number of nitrogens with zero attached hydrogens (tertiary/aromatic N) is 3. The monoisotopic (exact) mass is 367 g/mol. The maximum absolute atomic E-state index is 4.72. The Bertz CT molecular complexity index is 514. The molecule has 1 aromatic heterocycles. The molecule has 0 amide bonds. The van der Waals surface area contributed by atoms with E-state index in [4.69, 9.17) is 9.98 Å². The number of hydrogen-bond donors (Lipinski definition) is 2. The van der Waals surface area contributed by atoms with E-state index in [-0.39, 0.29) is 0 Å². The second kappa shape index (κ2) is 11.5. The molecule has 0 fully saturated rings. The zero-order valence-corrected chi connectivity index (χ0v) is 18.0. The Morgan fingerprint density at radius 3 is 2.36 bits per heavy atom. The number of rotatable bonds is 10. The van der Waals surface area contributed by atoms with E-state index in [9.17, 15) is 0 Å². The molecule has 2 N–H and O–H groups in total. The van der Waals surface area contributed by atoms with E-state index < -0.39 is 0 Å². The lowest BCUT2D eigenvalue weighted by molar-refractivity contribution is 0.181. The highest BCUT2D eigenvalue weighted by molar-refractivity contribution is 7.11. The largest absolute Gasteiger partial charge is 0.357 e. The van der Waals surface area contributed by atoms with Gasteiger partial charge in [-0.15, -0.1) is 11.3 Å². The molecule has 1 heterocycles. The van der Waals surface area contributed by atoms with Crippen LogP contribution in [0.15, 0.2) is 4.99 Å². The average molecular weight is 368 g/mol. The first-order chi connectivity index (χ1) is 11.9. The van der Waals surface area contributed by atoms with Crippen molar-refractivity contribution in [2.75, 3.05) is 26.2 Å². The SMILES string of the molecule is CCNC(=NCCN(C(C)C)C(C)C)NCCc1nc(CC)c(C)s1. The van der Waals surface area contributed by atoms with E-state index in [0.29, 0.717) is 12.1 Å². The van der Waals surface area contributed by atoms with E-state index in [0.717, 1.165) is 45.0 Å². The number of thiazole rings is 1. The Balaban J connectivity index is 2.49. The zero-order chi connectivity index (χ0) is 18.8.